The van der Waals surface area contributed by atoms with Crippen molar-refractivity contribution in [1.82, 2.24) is 9.78 Å². The normalized spacial score (nSPS) is 10.6. The highest BCUT2D eigenvalue weighted by atomic mass is 127. The SMILES string of the molecule is CCOC(=O)c1cc(I)nn1C(C)C. The van der Waals surface area contributed by atoms with Crippen LogP contribution in [0.5, 0.6) is 0 Å². The maximum Gasteiger partial charge on any atom is 0.356 e. The molecule has 0 saturated heterocycles. The summed E-state index contributed by atoms with van der Waals surface area (Å²) in [5, 5.41) is 4.22. The van der Waals surface area contributed by atoms with E-state index in [1.165, 1.54) is 0 Å². The minimum absolute atomic E-state index is 0.165. The summed E-state index contributed by atoms with van der Waals surface area (Å²) in [6, 6.07) is 1.90. The summed E-state index contributed by atoms with van der Waals surface area (Å²) in [7, 11) is 0. The summed E-state index contributed by atoms with van der Waals surface area (Å²) >= 11 is 2.08. The molecule has 1 heterocycles. The van der Waals surface area contributed by atoms with Crippen molar-refractivity contribution in [1.29, 1.82) is 0 Å². The Bertz CT molecular complexity index is 334. The van der Waals surface area contributed by atoms with Gasteiger partial charge in [-0.1, -0.05) is 0 Å². The van der Waals surface area contributed by atoms with Crippen molar-refractivity contribution in [3.8, 4) is 0 Å². The average molecular weight is 308 g/mol. The van der Waals surface area contributed by atoms with Crippen molar-refractivity contribution in [3.63, 3.8) is 0 Å². The number of carbonyl (C=O) groups excluding carboxylic acids is 1. The molecular weight excluding hydrogens is 295 g/mol. The number of carbonyl (C=O) groups is 1. The Labute approximate surface area is 96.8 Å². The Morgan fingerprint density at radius 2 is 2.36 bits per heavy atom. The van der Waals surface area contributed by atoms with Crippen LogP contribution in [0.25, 0.3) is 0 Å². The third-order valence-electron chi connectivity index (χ3n) is 1.68. The average Bonchev–Trinajstić information content (AvgIpc) is 2.48. The lowest BCUT2D eigenvalue weighted by atomic mass is 10.3. The second kappa shape index (κ2) is 4.77. The van der Waals surface area contributed by atoms with Crippen LogP contribution in [0.15, 0.2) is 6.07 Å². The number of aromatic nitrogens is 2. The van der Waals surface area contributed by atoms with Gasteiger partial charge in [-0.25, -0.2) is 4.79 Å². The first-order chi connectivity index (χ1) is 6.56. The Morgan fingerprint density at radius 1 is 1.71 bits per heavy atom. The largest absolute Gasteiger partial charge is 0.461 e. The van der Waals surface area contributed by atoms with E-state index in [4.69, 9.17) is 4.74 Å². The smallest absolute Gasteiger partial charge is 0.356 e. The molecule has 0 saturated carbocycles. The zero-order valence-corrected chi connectivity index (χ0v) is 10.6. The van der Waals surface area contributed by atoms with Crippen LogP contribution in [0.1, 0.15) is 37.3 Å². The van der Waals surface area contributed by atoms with Gasteiger partial charge >= 0.3 is 5.97 Å². The standard InChI is InChI=1S/C9H13IN2O2/c1-4-14-9(13)7-5-8(10)11-12(7)6(2)3/h5-6H,4H2,1-3H3. The van der Waals surface area contributed by atoms with Crippen LogP contribution < -0.4 is 0 Å². The summed E-state index contributed by atoms with van der Waals surface area (Å²) in [4.78, 5) is 11.5. The molecular formula is C9H13IN2O2. The Balaban J connectivity index is 3.00. The first kappa shape index (κ1) is 11.5. The molecule has 1 aromatic heterocycles. The quantitative estimate of drug-likeness (QED) is 0.635. The molecule has 1 rings (SSSR count). The molecule has 0 atom stereocenters. The molecule has 0 amide bonds. The molecule has 0 aliphatic rings. The lowest BCUT2D eigenvalue weighted by Gasteiger charge is -2.09. The fraction of sp³-hybridized carbons (Fsp3) is 0.556. The van der Waals surface area contributed by atoms with Gasteiger partial charge in [0, 0.05) is 12.1 Å². The van der Waals surface area contributed by atoms with Gasteiger partial charge in [-0.15, -0.1) is 0 Å². The summed E-state index contributed by atoms with van der Waals surface area (Å²) in [5.41, 5.74) is 0.520. The van der Waals surface area contributed by atoms with E-state index in [9.17, 15) is 4.79 Å². The summed E-state index contributed by atoms with van der Waals surface area (Å²) in [5.74, 6) is -0.309. The van der Waals surface area contributed by atoms with E-state index in [0.717, 1.165) is 3.70 Å². The number of esters is 1. The second-order valence-corrected chi connectivity index (χ2v) is 4.22. The van der Waals surface area contributed by atoms with E-state index >= 15 is 0 Å². The third kappa shape index (κ3) is 2.46. The fourth-order valence-electron chi connectivity index (χ4n) is 1.12. The predicted octanol–water partition coefficient (Wildman–Crippen LogP) is 2.25. The molecule has 14 heavy (non-hydrogen) atoms. The van der Waals surface area contributed by atoms with E-state index in [1.54, 1.807) is 17.7 Å². The second-order valence-electron chi connectivity index (χ2n) is 3.11. The van der Waals surface area contributed by atoms with E-state index in [0.29, 0.717) is 12.3 Å². The van der Waals surface area contributed by atoms with Gasteiger partial charge in [-0.3, -0.25) is 4.68 Å². The first-order valence-corrected chi connectivity index (χ1v) is 5.56. The van der Waals surface area contributed by atoms with Gasteiger partial charge in [0.05, 0.1) is 6.61 Å². The first-order valence-electron chi connectivity index (χ1n) is 4.48. The molecule has 78 valence electrons. The van der Waals surface area contributed by atoms with Gasteiger partial charge in [-0.05, 0) is 43.4 Å². The molecule has 5 heteroatoms. The highest BCUT2D eigenvalue weighted by Gasteiger charge is 2.16. The molecule has 0 spiro atoms. The Morgan fingerprint density at radius 3 is 2.86 bits per heavy atom. The van der Waals surface area contributed by atoms with Gasteiger partial charge < -0.3 is 4.74 Å². The van der Waals surface area contributed by atoms with Gasteiger partial charge in [0.25, 0.3) is 0 Å². The van der Waals surface area contributed by atoms with Crippen LogP contribution in [0.2, 0.25) is 0 Å². The van der Waals surface area contributed by atoms with Crippen LogP contribution in [0, 0.1) is 3.70 Å². The van der Waals surface area contributed by atoms with E-state index in [1.807, 2.05) is 13.8 Å². The summed E-state index contributed by atoms with van der Waals surface area (Å²) in [6.45, 7) is 6.13. The third-order valence-corrected chi connectivity index (χ3v) is 2.21. The molecule has 0 unspecified atom stereocenters. The number of hydrogen-bond donors (Lipinski definition) is 0. The number of halogens is 1. The Kier molecular flexibility index (Phi) is 3.91. The lowest BCUT2D eigenvalue weighted by molar-refractivity contribution is 0.0510. The summed E-state index contributed by atoms with van der Waals surface area (Å²) < 4.78 is 7.41. The minimum Gasteiger partial charge on any atom is -0.461 e. The van der Waals surface area contributed by atoms with E-state index in [2.05, 4.69) is 27.7 Å². The topological polar surface area (TPSA) is 44.1 Å². The number of ether oxygens (including phenoxy) is 1. The maximum atomic E-state index is 11.5. The molecule has 0 aromatic carbocycles. The van der Waals surface area contributed by atoms with Crippen molar-refractivity contribution in [3.05, 3.63) is 15.5 Å². The molecule has 1 aromatic rings. The zero-order valence-electron chi connectivity index (χ0n) is 8.45. The van der Waals surface area contributed by atoms with Gasteiger partial charge in [0.1, 0.15) is 9.39 Å². The van der Waals surface area contributed by atoms with Crippen molar-refractivity contribution >= 4 is 28.6 Å². The van der Waals surface area contributed by atoms with Crippen molar-refractivity contribution in [2.24, 2.45) is 0 Å². The number of hydrogen-bond acceptors (Lipinski definition) is 3. The Hall–Kier alpha value is -0.590. The van der Waals surface area contributed by atoms with Crippen LogP contribution in [-0.2, 0) is 4.74 Å². The molecule has 0 aliphatic heterocycles. The molecule has 4 nitrogen and oxygen atoms in total. The molecule has 0 fully saturated rings. The molecule has 0 radical (unpaired) electrons. The predicted molar refractivity (Wildman–Crippen MR) is 61.3 cm³/mol. The van der Waals surface area contributed by atoms with Crippen molar-refractivity contribution < 1.29 is 9.53 Å². The van der Waals surface area contributed by atoms with Gasteiger partial charge in [0.2, 0.25) is 0 Å². The summed E-state index contributed by atoms with van der Waals surface area (Å²) in [6.07, 6.45) is 0. The highest BCUT2D eigenvalue weighted by Crippen LogP contribution is 2.13. The lowest BCUT2D eigenvalue weighted by Crippen LogP contribution is -2.14. The molecule has 0 aliphatic carbocycles. The minimum atomic E-state index is -0.309. The monoisotopic (exact) mass is 308 g/mol. The van der Waals surface area contributed by atoms with Crippen molar-refractivity contribution in [2.75, 3.05) is 6.61 Å². The van der Waals surface area contributed by atoms with Crippen LogP contribution in [-0.4, -0.2) is 22.4 Å². The molecule has 0 bridgehead atoms. The van der Waals surface area contributed by atoms with E-state index < -0.39 is 0 Å². The zero-order chi connectivity index (χ0) is 10.7. The van der Waals surface area contributed by atoms with Gasteiger partial charge in [0.15, 0.2) is 0 Å². The van der Waals surface area contributed by atoms with Crippen LogP contribution in [0.4, 0.5) is 0 Å². The number of rotatable bonds is 3. The molecule has 0 N–H and O–H groups in total. The fourth-order valence-corrected chi connectivity index (χ4v) is 1.64. The van der Waals surface area contributed by atoms with Gasteiger partial charge in [-0.2, -0.15) is 5.10 Å². The maximum absolute atomic E-state index is 11.5. The van der Waals surface area contributed by atoms with Crippen LogP contribution in [0.3, 0.4) is 0 Å². The van der Waals surface area contributed by atoms with E-state index in [-0.39, 0.29) is 12.0 Å². The van der Waals surface area contributed by atoms with Crippen LogP contribution >= 0.6 is 22.6 Å². The van der Waals surface area contributed by atoms with Crippen molar-refractivity contribution in [2.45, 2.75) is 26.8 Å². The highest BCUT2D eigenvalue weighted by molar-refractivity contribution is 14.1. The number of nitrogens with zero attached hydrogens (tertiary/aromatic N) is 2.